The van der Waals surface area contributed by atoms with Crippen LogP contribution < -0.4 is 0 Å². The topological polar surface area (TPSA) is 43.4 Å². The summed E-state index contributed by atoms with van der Waals surface area (Å²) in [5.41, 5.74) is 1.32. The van der Waals surface area contributed by atoms with Crippen molar-refractivity contribution in [1.82, 2.24) is 0 Å². The van der Waals surface area contributed by atoms with E-state index in [1.807, 2.05) is 6.08 Å². The minimum Gasteiger partial charge on any atom is -0.458 e. The summed E-state index contributed by atoms with van der Waals surface area (Å²) in [6.45, 7) is 4.78. The van der Waals surface area contributed by atoms with Crippen molar-refractivity contribution in [3.05, 3.63) is 23.8 Å². The second kappa shape index (κ2) is 4.86. The molecule has 134 valence electrons. The Balaban J connectivity index is 1.53. The number of ether oxygens (including phenoxy) is 1. The summed E-state index contributed by atoms with van der Waals surface area (Å²) in [5, 5.41) is 0. The van der Waals surface area contributed by atoms with Crippen molar-refractivity contribution in [2.24, 2.45) is 28.6 Å². The van der Waals surface area contributed by atoms with Crippen LogP contribution in [0.5, 0.6) is 0 Å². The lowest BCUT2D eigenvalue weighted by atomic mass is 9.48. The molecule has 3 fully saturated rings. The molecule has 0 unspecified atom stereocenters. The van der Waals surface area contributed by atoms with E-state index in [2.05, 4.69) is 26.0 Å². The number of carbonyl (C=O) groups is 2. The molecule has 5 rings (SSSR count). The molecule has 0 bridgehead atoms. The molecule has 0 aromatic rings. The molecule has 6 atom stereocenters. The van der Waals surface area contributed by atoms with Gasteiger partial charge in [0.1, 0.15) is 5.60 Å². The van der Waals surface area contributed by atoms with Crippen LogP contribution in [-0.4, -0.2) is 17.4 Å². The van der Waals surface area contributed by atoms with Crippen molar-refractivity contribution < 1.29 is 14.3 Å². The van der Waals surface area contributed by atoms with Gasteiger partial charge in [-0.05, 0) is 73.3 Å². The first-order valence-corrected chi connectivity index (χ1v) is 10.0. The van der Waals surface area contributed by atoms with Crippen LogP contribution in [0, 0.1) is 28.6 Å². The largest absolute Gasteiger partial charge is 0.458 e. The van der Waals surface area contributed by atoms with Gasteiger partial charge in [0.15, 0.2) is 5.78 Å². The molecular weight excluding hydrogens is 312 g/mol. The zero-order valence-electron chi connectivity index (χ0n) is 15.3. The number of hydrogen-bond donors (Lipinski definition) is 0. The van der Waals surface area contributed by atoms with Gasteiger partial charge in [0.05, 0.1) is 0 Å². The number of rotatable bonds is 0. The number of allylic oxidation sites excluding steroid dienone is 4. The molecule has 25 heavy (non-hydrogen) atoms. The number of fused-ring (bicyclic) bond motifs is 6. The van der Waals surface area contributed by atoms with E-state index in [4.69, 9.17) is 4.74 Å². The van der Waals surface area contributed by atoms with Crippen molar-refractivity contribution in [3.63, 3.8) is 0 Å². The van der Waals surface area contributed by atoms with Gasteiger partial charge in [-0.1, -0.05) is 26.0 Å². The predicted octanol–water partition coefficient (Wildman–Crippen LogP) is 4.37. The fourth-order valence-corrected chi connectivity index (χ4v) is 7.29. The summed E-state index contributed by atoms with van der Waals surface area (Å²) in [6.07, 6.45) is 14.3. The highest BCUT2D eigenvalue weighted by molar-refractivity contribution is 5.92. The van der Waals surface area contributed by atoms with E-state index in [9.17, 15) is 9.59 Å². The van der Waals surface area contributed by atoms with Crippen molar-refractivity contribution >= 4 is 11.8 Å². The molecule has 1 aliphatic heterocycles. The molecule has 0 aromatic carbocycles. The van der Waals surface area contributed by atoms with Crippen LogP contribution in [0.15, 0.2) is 23.8 Å². The molecule has 1 saturated heterocycles. The van der Waals surface area contributed by atoms with Gasteiger partial charge in [-0.25, -0.2) is 0 Å². The van der Waals surface area contributed by atoms with E-state index >= 15 is 0 Å². The average Bonchev–Trinajstić information content (AvgIpc) is 3.10. The monoisotopic (exact) mass is 340 g/mol. The lowest BCUT2D eigenvalue weighted by Gasteiger charge is -2.57. The smallest absolute Gasteiger partial charge is 0.306 e. The van der Waals surface area contributed by atoms with Crippen LogP contribution >= 0.6 is 0 Å². The van der Waals surface area contributed by atoms with Gasteiger partial charge < -0.3 is 4.74 Å². The number of carbonyl (C=O) groups excluding carboxylic acids is 2. The first-order chi connectivity index (χ1) is 11.9. The van der Waals surface area contributed by atoms with Crippen molar-refractivity contribution in [1.29, 1.82) is 0 Å². The minimum atomic E-state index is -0.201. The molecule has 0 radical (unpaired) electrons. The fraction of sp³-hybridized carbons (Fsp3) is 0.727. The maximum Gasteiger partial charge on any atom is 0.306 e. The maximum atomic E-state index is 11.9. The van der Waals surface area contributed by atoms with Gasteiger partial charge >= 0.3 is 5.97 Å². The van der Waals surface area contributed by atoms with E-state index in [0.717, 1.165) is 25.7 Å². The quantitative estimate of drug-likeness (QED) is 0.615. The predicted molar refractivity (Wildman–Crippen MR) is 94.7 cm³/mol. The average molecular weight is 340 g/mol. The fourth-order valence-electron chi connectivity index (χ4n) is 7.29. The van der Waals surface area contributed by atoms with Crippen LogP contribution in [0.2, 0.25) is 0 Å². The Bertz CT molecular complexity index is 719. The first-order valence-electron chi connectivity index (χ1n) is 10.0. The van der Waals surface area contributed by atoms with Crippen LogP contribution in [0.25, 0.3) is 0 Å². The van der Waals surface area contributed by atoms with Gasteiger partial charge in [-0.2, -0.15) is 0 Å². The van der Waals surface area contributed by atoms with Crippen molar-refractivity contribution in [2.75, 3.05) is 0 Å². The zero-order valence-corrected chi connectivity index (χ0v) is 15.3. The highest BCUT2D eigenvalue weighted by atomic mass is 16.6. The minimum absolute atomic E-state index is 0.00570. The molecule has 0 amide bonds. The Kier molecular flexibility index (Phi) is 3.08. The van der Waals surface area contributed by atoms with Gasteiger partial charge in [0.25, 0.3) is 0 Å². The molecule has 2 saturated carbocycles. The third-order valence-electron chi connectivity index (χ3n) is 8.85. The van der Waals surface area contributed by atoms with E-state index in [1.54, 1.807) is 0 Å². The molecule has 1 spiro atoms. The molecule has 0 aromatic heterocycles. The second-order valence-electron chi connectivity index (χ2n) is 9.60. The molecule has 4 aliphatic carbocycles. The van der Waals surface area contributed by atoms with Crippen LogP contribution in [-0.2, 0) is 14.3 Å². The number of esters is 1. The number of ketones is 1. The summed E-state index contributed by atoms with van der Waals surface area (Å²) in [5.74, 6) is 2.08. The van der Waals surface area contributed by atoms with Crippen LogP contribution in [0.4, 0.5) is 0 Å². The Hall–Kier alpha value is -1.38. The SMILES string of the molecule is C[C@]12CCC(=O)C=C1C=C[C@@H]1[C@H]2CC[C@@]2(C)[C@@H]1CC[C@]21CCC(=O)O1. The van der Waals surface area contributed by atoms with E-state index in [0.29, 0.717) is 30.6 Å². The normalized spacial score (nSPS) is 51.0. The summed E-state index contributed by atoms with van der Waals surface area (Å²) in [4.78, 5) is 23.8. The van der Waals surface area contributed by atoms with Gasteiger partial charge in [-0.3, -0.25) is 9.59 Å². The second-order valence-corrected chi connectivity index (χ2v) is 9.60. The molecule has 0 N–H and O–H groups in total. The zero-order chi connectivity index (χ0) is 17.4. The molecule has 3 nitrogen and oxygen atoms in total. The summed E-state index contributed by atoms with van der Waals surface area (Å²) in [6, 6.07) is 0. The van der Waals surface area contributed by atoms with Gasteiger partial charge in [0.2, 0.25) is 0 Å². The standard InChI is InChI=1S/C22H28O3/c1-20-9-5-15(23)13-14(20)3-4-16-17(20)6-10-21(2)18(16)7-11-22(21)12-8-19(24)25-22/h3-4,13,16-18H,5-12H2,1-2H3/t16-,17-,18-,20+,21+,22+/m1/s1. The van der Waals surface area contributed by atoms with Gasteiger partial charge in [-0.15, -0.1) is 0 Å². The van der Waals surface area contributed by atoms with E-state index < -0.39 is 0 Å². The highest BCUT2D eigenvalue weighted by Gasteiger charge is 2.66. The maximum absolute atomic E-state index is 11.9. The Morgan fingerprint density at radius 2 is 1.80 bits per heavy atom. The molecule has 1 heterocycles. The Morgan fingerprint density at radius 1 is 1.00 bits per heavy atom. The Morgan fingerprint density at radius 3 is 2.56 bits per heavy atom. The van der Waals surface area contributed by atoms with E-state index in [1.165, 1.54) is 18.4 Å². The lowest BCUT2D eigenvalue weighted by Crippen LogP contribution is -2.53. The van der Waals surface area contributed by atoms with Crippen LogP contribution in [0.3, 0.4) is 0 Å². The Labute approximate surface area is 149 Å². The number of hydrogen-bond acceptors (Lipinski definition) is 3. The summed E-state index contributed by atoms with van der Waals surface area (Å²) in [7, 11) is 0. The highest BCUT2D eigenvalue weighted by Crippen LogP contribution is 2.68. The molecule has 5 aliphatic rings. The first kappa shape index (κ1) is 15.8. The third-order valence-corrected chi connectivity index (χ3v) is 8.85. The third kappa shape index (κ3) is 1.88. The van der Waals surface area contributed by atoms with Crippen molar-refractivity contribution in [2.45, 2.75) is 70.8 Å². The van der Waals surface area contributed by atoms with E-state index in [-0.39, 0.29) is 28.2 Å². The summed E-state index contributed by atoms with van der Waals surface area (Å²) < 4.78 is 5.99. The lowest BCUT2D eigenvalue weighted by molar-refractivity contribution is -0.165. The van der Waals surface area contributed by atoms with Gasteiger partial charge in [0, 0.05) is 18.3 Å². The summed E-state index contributed by atoms with van der Waals surface area (Å²) >= 11 is 0. The molecular formula is C22H28O3. The van der Waals surface area contributed by atoms with Crippen molar-refractivity contribution in [3.8, 4) is 0 Å². The molecule has 3 heteroatoms. The van der Waals surface area contributed by atoms with Crippen LogP contribution in [0.1, 0.15) is 65.2 Å².